The highest BCUT2D eigenvalue weighted by Crippen LogP contribution is 2.22. The van der Waals surface area contributed by atoms with E-state index in [1.807, 2.05) is 11.3 Å². The van der Waals surface area contributed by atoms with Crippen LogP contribution in [0.3, 0.4) is 0 Å². The lowest BCUT2D eigenvalue weighted by Gasteiger charge is -2.02. The summed E-state index contributed by atoms with van der Waals surface area (Å²) in [5.74, 6) is 0. The van der Waals surface area contributed by atoms with Gasteiger partial charge in [-0.25, -0.2) is 0 Å². The Morgan fingerprint density at radius 2 is 2.00 bits per heavy atom. The first-order chi connectivity index (χ1) is 7.24. The summed E-state index contributed by atoms with van der Waals surface area (Å²) in [7, 11) is 0. The highest BCUT2D eigenvalue weighted by atomic mass is 32.1. The third-order valence-corrected chi connectivity index (χ3v) is 3.79. The van der Waals surface area contributed by atoms with Crippen molar-refractivity contribution < 1.29 is 0 Å². The van der Waals surface area contributed by atoms with Gasteiger partial charge in [0, 0.05) is 9.75 Å². The van der Waals surface area contributed by atoms with Crippen molar-refractivity contribution in [1.29, 1.82) is 0 Å². The van der Waals surface area contributed by atoms with E-state index in [1.165, 1.54) is 42.7 Å². The van der Waals surface area contributed by atoms with Crippen LogP contribution < -0.4 is 5.32 Å². The molecule has 0 spiro atoms. The molecule has 1 aromatic rings. The molecule has 0 aliphatic rings. The largest absolute Gasteiger partial charge is 0.317 e. The van der Waals surface area contributed by atoms with Crippen LogP contribution in [0.1, 0.15) is 41.5 Å². The second kappa shape index (κ2) is 7.02. The molecule has 1 rings (SSSR count). The highest BCUT2D eigenvalue weighted by molar-refractivity contribution is 7.12. The Kier molecular flexibility index (Phi) is 5.96. The predicted molar refractivity (Wildman–Crippen MR) is 69.9 cm³/mol. The lowest BCUT2D eigenvalue weighted by atomic mass is 10.1. The molecule has 1 nitrogen and oxygen atoms in total. The number of nitrogens with one attached hydrogen (secondary N) is 1. The van der Waals surface area contributed by atoms with Crippen LogP contribution >= 0.6 is 11.3 Å². The molecule has 0 aliphatic heterocycles. The van der Waals surface area contributed by atoms with Gasteiger partial charge in [0.2, 0.25) is 0 Å². The van der Waals surface area contributed by atoms with E-state index < -0.39 is 0 Å². The summed E-state index contributed by atoms with van der Waals surface area (Å²) in [5.41, 5.74) is 1.49. The molecule has 1 N–H and O–H groups in total. The summed E-state index contributed by atoms with van der Waals surface area (Å²) >= 11 is 1.96. The Balaban J connectivity index is 2.12. The van der Waals surface area contributed by atoms with Gasteiger partial charge < -0.3 is 5.32 Å². The molecule has 0 saturated carbocycles. The number of thiophene rings is 1. The van der Waals surface area contributed by atoms with Crippen LogP contribution in [0.2, 0.25) is 0 Å². The molecule has 0 saturated heterocycles. The number of unbranched alkanes of at least 4 members (excludes halogenated alkanes) is 1. The Hall–Kier alpha value is -0.340. The van der Waals surface area contributed by atoms with Gasteiger partial charge in [0.25, 0.3) is 0 Å². The second-order valence-electron chi connectivity index (χ2n) is 4.17. The summed E-state index contributed by atoms with van der Waals surface area (Å²) in [4.78, 5) is 3.04. The van der Waals surface area contributed by atoms with Gasteiger partial charge in [0.05, 0.1) is 0 Å². The standard InChI is InChI=1S/C13H23NS/c1-4-8-14-9-6-5-7-13-11(2)10-12(3)15-13/h10,14H,4-9H2,1-3H3. The van der Waals surface area contributed by atoms with Crippen molar-refractivity contribution in [1.82, 2.24) is 5.32 Å². The Morgan fingerprint density at radius 1 is 1.20 bits per heavy atom. The lowest BCUT2D eigenvalue weighted by Crippen LogP contribution is -2.15. The van der Waals surface area contributed by atoms with Gasteiger partial charge in [0.1, 0.15) is 0 Å². The van der Waals surface area contributed by atoms with Crippen LogP contribution in [0.25, 0.3) is 0 Å². The Bertz CT molecular complexity index is 278. The fourth-order valence-electron chi connectivity index (χ4n) is 1.78. The van der Waals surface area contributed by atoms with Gasteiger partial charge in [-0.15, -0.1) is 11.3 Å². The molecule has 15 heavy (non-hydrogen) atoms. The van der Waals surface area contributed by atoms with Crippen molar-refractivity contribution in [3.8, 4) is 0 Å². The molecule has 0 fully saturated rings. The van der Waals surface area contributed by atoms with E-state index in [4.69, 9.17) is 0 Å². The minimum absolute atomic E-state index is 1.16. The number of hydrogen-bond donors (Lipinski definition) is 1. The number of aryl methyl sites for hydroxylation is 3. The van der Waals surface area contributed by atoms with E-state index in [0.29, 0.717) is 0 Å². The molecule has 1 heterocycles. The molecular formula is C13H23NS. The van der Waals surface area contributed by atoms with Crippen molar-refractivity contribution in [3.05, 3.63) is 21.4 Å². The fourth-order valence-corrected chi connectivity index (χ4v) is 2.87. The van der Waals surface area contributed by atoms with Gasteiger partial charge in [-0.3, -0.25) is 0 Å². The van der Waals surface area contributed by atoms with Crippen LogP contribution in [-0.2, 0) is 6.42 Å². The van der Waals surface area contributed by atoms with E-state index in [1.54, 1.807) is 4.88 Å². The van der Waals surface area contributed by atoms with Crippen LogP contribution in [0, 0.1) is 13.8 Å². The number of hydrogen-bond acceptors (Lipinski definition) is 2. The van der Waals surface area contributed by atoms with Gasteiger partial charge in [0.15, 0.2) is 0 Å². The van der Waals surface area contributed by atoms with Crippen molar-refractivity contribution >= 4 is 11.3 Å². The van der Waals surface area contributed by atoms with Crippen molar-refractivity contribution in [2.45, 2.75) is 46.5 Å². The first-order valence-electron chi connectivity index (χ1n) is 6.00. The van der Waals surface area contributed by atoms with Crippen molar-refractivity contribution in [2.75, 3.05) is 13.1 Å². The van der Waals surface area contributed by atoms with Gasteiger partial charge in [-0.2, -0.15) is 0 Å². The normalized spacial score (nSPS) is 10.9. The summed E-state index contributed by atoms with van der Waals surface area (Å²) in [5, 5.41) is 3.44. The maximum atomic E-state index is 3.44. The average Bonchev–Trinajstić information content (AvgIpc) is 2.51. The van der Waals surface area contributed by atoms with Crippen LogP contribution in [0.5, 0.6) is 0 Å². The van der Waals surface area contributed by atoms with E-state index in [0.717, 1.165) is 6.54 Å². The maximum absolute atomic E-state index is 3.44. The lowest BCUT2D eigenvalue weighted by molar-refractivity contribution is 0.618. The summed E-state index contributed by atoms with van der Waals surface area (Å²) in [6.07, 6.45) is 5.12. The van der Waals surface area contributed by atoms with E-state index >= 15 is 0 Å². The quantitative estimate of drug-likeness (QED) is 0.698. The third-order valence-electron chi connectivity index (χ3n) is 2.58. The van der Waals surface area contributed by atoms with E-state index in [-0.39, 0.29) is 0 Å². The van der Waals surface area contributed by atoms with Gasteiger partial charge >= 0.3 is 0 Å². The summed E-state index contributed by atoms with van der Waals surface area (Å²) < 4.78 is 0. The molecular weight excluding hydrogens is 202 g/mol. The second-order valence-corrected chi connectivity index (χ2v) is 5.51. The van der Waals surface area contributed by atoms with Gasteiger partial charge in [-0.1, -0.05) is 6.92 Å². The first kappa shape index (κ1) is 12.7. The zero-order valence-electron chi connectivity index (χ0n) is 10.2. The molecule has 2 heteroatoms. The van der Waals surface area contributed by atoms with E-state index in [2.05, 4.69) is 32.2 Å². The molecule has 0 bridgehead atoms. The van der Waals surface area contributed by atoms with Crippen molar-refractivity contribution in [2.24, 2.45) is 0 Å². The monoisotopic (exact) mass is 225 g/mol. The predicted octanol–water partition coefficient (Wildman–Crippen LogP) is 3.69. The van der Waals surface area contributed by atoms with E-state index in [9.17, 15) is 0 Å². The summed E-state index contributed by atoms with van der Waals surface area (Å²) in [6, 6.07) is 2.30. The molecule has 0 radical (unpaired) electrons. The molecule has 0 unspecified atom stereocenters. The molecule has 0 aliphatic carbocycles. The maximum Gasteiger partial charge on any atom is 0.00772 e. The van der Waals surface area contributed by atoms with Crippen molar-refractivity contribution in [3.63, 3.8) is 0 Å². The smallest absolute Gasteiger partial charge is 0.00772 e. The van der Waals surface area contributed by atoms with Crippen LogP contribution in [-0.4, -0.2) is 13.1 Å². The fraction of sp³-hybridized carbons (Fsp3) is 0.692. The highest BCUT2D eigenvalue weighted by Gasteiger charge is 2.01. The molecule has 0 atom stereocenters. The first-order valence-corrected chi connectivity index (χ1v) is 6.82. The topological polar surface area (TPSA) is 12.0 Å². The van der Waals surface area contributed by atoms with Gasteiger partial charge in [-0.05, 0) is 64.3 Å². The Labute approximate surface area is 97.9 Å². The van der Waals surface area contributed by atoms with Crippen LogP contribution in [0.4, 0.5) is 0 Å². The number of rotatable bonds is 7. The molecule has 1 aromatic heterocycles. The Morgan fingerprint density at radius 3 is 2.60 bits per heavy atom. The summed E-state index contributed by atoms with van der Waals surface area (Å²) in [6.45, 7) is 8.98. The SMILES string of the molecule is CCCNCCCCc1sc(C)cc1C. The zero-order valence-corrected chi connectivity index (χ0v) is 11.0. The third kappa shape index (κ3) is 4.80. The minimum Gasteiger partial charge on any atom is -0.317 e. The molecule has 0 aromatic carbocycles. The zero-order chi connectivity index (χ0) is 11.1. The van der Waals surface area contributed by atoms with Crippen LogP contribution in [0.15, 0.2) is 6.07 Å². The molecule has 86 valence electrons. The molecule has 0 amide bonds. The average molecular weight is 225 g/mol. The minimum atomic E-state index is 1.16.